The van der Waals surface area contributed by atoms with Crippen molar-refractivity contribution in [2.45, 2.75) is 51.7 Å². The first-order chi connectivity index (χ1) is 21.8. The molecule has 0 atom stereocenters. The van der Waals surface area contributed by atoms with Gasteiger partial charge in [0.15, 0.2) is 0 Å². The molecule has 0 saturated carbocycles. The highest BCUT2D eigenvalue weighted by Gasteiger charge is 2.22. The van der Waals surface area contributed by atoms with E-state index in [9.17, 15) is 9.59 Å². The quantitative estimate of drug-likeness (QED) is 0.0956. The number of amidine groups is 2. The van der Waals surface area contributed by atoms with Gasteiger partial charge in [-0.1, -0.05) is 0 Å². The number of amides is 2. The monoisotopic (exact) mass is 630 g/mol. The van der Waals surface area contributed by atoms with E-state index in [4.69, 9.17) is 36.5 Å². The van der Waals surface area contributed by atoms with E-state index in [-0.39, 0.29) is 35.4 Å². The summed E-state index contributed by atoms with van der Waals surface area (Å²) in [5.74, 6) is 0.783. The largest absolute Gasteiger partial charge is 0.444 e. The average Bonchev–Trinajstić information content (AvgIpc) is 2.99. The third kappa shape index (κ3) is 10.5. The number of ether oxygens (including phenoxy) is 3. The van der Waals surface area contributed by atoms with E-state index in [1.54, 1.807) is 60.7 Å². The molecule has 244 valence electrons. The number of benzene rings is 2. The summed E-state index contributed by atoms with van der Waals surface area (Å²) in [5, 5.41) is 21.1. The summed E-state index contributed by atoms with van der Waals surface area (Å²) in [6, 6.07) is 16.4. The van der Waals surface area contributed by atoms with Gasteiger partial charge in [0, 0.05) is 48.9 Å². The van der Waals surface area contributed by atoms with Crippen LogP contribution in [0.3, 0.4) is 0 Å². The number of nitrogens with one attached hydrogen (secondary N) is 4. The average molecular weight is 631 g/mol. The smallest absolute Gasteiger partial charge is 0.407 e. The summed E-state index contributed by atoms with van der Waals surface area (Å²) in [6.45, 7) is 8.51. The van der Waals surface area contributed by atoms with Gasteiger partial charge in [-0.3, -0.25) is 15.6 Å². The molecule has 13 nitrogen and oxygen atoms in total. The van der Waals surface area contributed by atoms with E-state index in [0.717, 1.165) is 38.9 Å². The first-order valence-electron chi connectivity index (χ1n) is 15.1. The lowest BCUT2D eigenvalue weighted by molar-refractivity contribution is 0.0525. The van der Waals surface area contributed by atoms with E-state index >= 15 is 0 Å². The molecular formula is C33H42N8O5. The fraction of sp³-hybridized carbons (Fsp3) is 0.364. The van der Waals surface area contributed by atoms with Crippen molar-refractivity contribution in [3.8, 4) is 23.3 Å². The molecule has 3 aromatic rings. The zero-order valence-electron chi connectivity index (χ0n) is 26.4. The SMILES string of the molecule is CC(C)(C)OC(=O)NCCCN1CCC(NC(=O)c2cc(Oc3ccc(C(=N)N)cc3)nc(Oc3ccc(C(=N)N)cc3)c2)CC1. The van der Waals surface area contributed by atoms with E-state index in [0.29, 0.717) is 34.7 Å². The number of aromatic nitrogens is 1. The molecule has 0 unspecified atom stereocenters. The molecule has 1 saturated heterocycles. The number of nitrogens with zero attached hydrogens (tertiary/aromatic N) is 2. The molecule has 2 heterocycles. The van der Waals surface area contributed by atoms with Crippen LogP contribution in [-0.4, -0.2) is 71.4 Å². The van der Waals surface area contributed by atoms with Crippen LogP contribution in [0, 0.1) is 10.8 Å². The Morgan fingerprint density at radius 1 is 0.870 bits per heavy atom. The number of likely N-dealkylation sites (tertiary alicyclic amines) is 1. The van der Waals surface area contributed by atoms with Gasteiger partial charge in [0.1, 0.15) is 28.8 Å². The van der Waals surface area contributed by atoms with Crippen molar-refractivity contribution in [3.05, 3.63) is 77.4 Å². The highest BCUT2D eigenvalue weighted by molar-refractivity contribution is 5.96. The van der Waals surface area contributed by atoms with Crippen LogP contribution >= 0.6 is 0 Å². The molecule has 1 aliphatic rings. The summed E-state index contributed by atoms with van der Waals surface area (Å²) in [4.78, 5) is 32.0. The zero-order chi connectivity index (χ0) is 33.3. The first-order valence-corrected chi connectivity index (χ1v) is 15.1. The van der Waals surface area contributed by atoms with Crippen LogP contribution in [0.4, 0.5) is 4.79 Å². The van der Waals surface area contributed by atoms with Gasteiger partial charge in [0.05, 0.1) is 5.56 Å². The van der Waals surface area contributed by atoms with Gasteiger partial charge < -0.3 is 41.2 Å². The molecule has 0 spiro atoms. The fourth-order valence-electron chi connectivity index (χ4n) is 4.74. The predicted molar refractivity (Wildman–Crippen MR) is 175 cm³/mol. The van der Waals surface area contributed by atoms with Crippen molar-refractivity contribution >= 4 is 23.7 Å². The summed E-state index contributed by atoms with van der Waals surface area (Å²) in [7, 11) is 0. The number of hydrogen-bond acceptors (Lipinski definition) is 9. The Labute approximate surface area is 268 Å². The molecular weight excluding hydrogens is 588 g/mol. The van der Waals surface area contributed by atoms with Crippen molar-refractivity contribution in [3.63, 3.8) is 0 Å². The Morgan fingerprint density at radius 3 is 1.83 bits per heavy atom. The lowest BCUT2D eigenvalue weighted by Crippen LogP contribution is -2.45. The van der Waals surface area contributed by atoms with E-state index < -0.39 is 11.7 Å². The Morgan fingerprint density at radius 2 is 1.37 bits per heavy atom. The van der Waals surface area contributed by atoms with Gasteiger partial charge in [-0.2, -0.15) is 4.98 Å². The molecule has 46 heavy (non-hydrogen) atoms. The van der Waals surface area contributed by atoms with E-state index in [1.807, 2.05) is 20.8 Å². The van der Waals surface area contributed by atoms with Gasteiger partial charge >= 0.3 is 6.09 Å². The van der Waals surface area contributed by atoms with Crippen LogP contribution in [0.25, 0.3) is 0 Å². The van der Waals surface area contributed by atoms with Gasteiger partial charge in [-0.05, 0) is 95.1 Å². The minimum Gasteiger partial charge on any atom is -0.444 e. The maximum Gasteiger partial charge on any atom is 0.407 e. The van der Waals surface area contributed by atoms with Gasteiger partial charge in [0.2, 0.25) is 11.8 Å². The minimum absolute atomic E-state index is 0.0104. The fourth-order valence-corrected chi connectivity index (χ4v) is 4.74. The third-order valence-electron chi connectivity index (χ3n) is 7.06. The Hall–Kier alpha value is -5.17. The molecule has 1 aromatic heterocycles. The molecule has 0 aliphatic carbocycles. The number of nitrogen functional groups attached to an aromatic ring is 2. The lowest BCUT2D eigenvalue weighted by Gasteiger charge is -2.32. The summed E-state index contributed by atoms with van der Waals surface area (Å²) >= 11 is 0. The Bertz CT molecular complexity index is 1450. The van der Waals surface area contributed by atoms with Crippen molar-refractivity contribution in [2.75, 3.05) is 26.2 Å². The molecule has 2 aromatic carbocycles. The number of piperidine rings is 1. The van der Waals surface area contributed by atoms with Gasteiger partial charge in [0.25, 0.3) is 5.91 Å². The Kier molecular flexibility index (Phi) is 11.2. The molecule has 8 N–H and O–H groups in total. The molecule has 13 heteroatoms. The molecule has 0 radical (unpaired) electrons. The van der Waals surface area contributed by atoms with Gasteiger partial charge in [-0.25, -0.2) is 4.79 Å². The summed E-state index contributed by atoms with van der Waals surface area (Å²) < 4.78 is 17.2. The number of hydrogen-bond donors (Lipinski definition) is 6. The predicted octanol–water partition coefficient (Wildman–Crippen LogP) is 4.34. The molecule has 2 amide bonds. The van der Waals surface area contributed by atoms with Crippen molar-refractivity contribution in [2.24, 2.45) is 11.5 Å². The highest BCUT2D eigenvalue weighted by atomic mass is 16.6. The van der Waals surface area contributed by atoms with Crippen LogP contribution < -0.4 is 31.6 Å². The highest BCUT2D eigenvalue weighted by Crippen LogP contribution is 2.28. The maximum absolute atomic E-state index is 13.4. The number of rotatable bonds is 12. The second kappa shape index (κ2) is 15.2. The van der Waals surface area contributed by atoms with Crippen LogP contribution in [-0.2, 0) is 4.74 Å². The van der Waals surface area contributed by atoms with Crippen LogP contribution in [0.5, 0.6) is 23.3 Å². The zero-order valence-corrected chi connectivity index (χ0v) is 26.4. The van der Waals surface area contributed by atoms with E-state index in [1.165, 1.54) is 0 Å². The molecule has 1 aliphatic heterocycles. The summed E-state index contributed by atoms with van der Waals surface area (Å²) in [5.41, 5.74) is 12.0. The number of carbonyl (C=O) groups is 2. The lowest BCUT2D eigenvalue weighted by atomic mass is 10.0. The number of pyridine rings is 1. The second-order valence-corrected chi connectivity index (χ2v) is 12.0. The van der Waals surface area contributed by atoms with Crippen LogP contribution in [0.2, 0.25) is 0 Å². The van der Waals surface area contributed by atoms with Gasteiger partial charge in [-0.15, -0.1) is 0 Å². The molecule has 4 rings (SSSR count). The van der Waals surface area contributed by atoms with Crippen molar-refractivity contribution < 1.29 is 23.8 Å². The normalized spacial score (nSPS) is 13.8. The number of carbonyl (C=O) groups excluding carboxylic acids is 2. The minimum atomic E-state index is -0.525. The number of alkyl carbamates (subject to hydrolysis) is 1. The topological polar surface area (TPSA) is 202 Å². The summed E-state index contributed by atoms with van der Waals surface area (Å²) in [6.07, 6.45) is 1.96. The molecule has 1 fully saturated rings. The first kappa shape index (κ1) is 33.7. The van der Waals surface area contributed by atoms with Crippen molar-refractivity contribution in [1.29, 1.82) is 10.8 Å². The maximum atomic E-state index is 13.4. The Balaban J connectivity index is 1.37. The number of nitrogens with two attached hydrogens (primary N) is 2. The molecule has 0 bridgehead atoms. The third-order valence-corrected chi connectivity index (χ3v) is 7.06. The van der Waals surface area contributed by atoms with Crippen molar-refractivity contribution in [1.82, 2.24) is 20.5 Å². The standard InChI is InChI=1S/C33H42N8O5/c1-33(2,3)46-32(43)38-15-4-16-41-17-13-24(14-18-41)39-31(42)23-19-27(44-25-9-5-21(6-10-25)29(34)35)40-28(20-23)45-26-11-7-22(8-12-26)30(36)37/h5-12,19-20,24H,4,13-18H2,1-3H3,(H3,34,35)(H3,36,37)(H,38,43)(H,39,42). The second-order valence-electron chi connectivity index (χ2n) is 12.0. The van der Waals surface area contributed by atoms with Crippen LogP contribution in [0.15, 0.2) is 60.7 Å². The van der Waals surface area contributed by atoms with E-state index in [2.05, 4.69) is 20.5 Å². The van der Waals surface area contributed by atoms with Crippen LogP contribution in [0.1, 0.15) is 61.5 Å².